The Morgan fingerprint density at radius 2 is 1.92 bits per heavy atom. The van der Waals surface area contributed by atoms with Crippen LogP contribution in [-0.2, 0) is 9.47 Å². The van der Waals surface area contributed by atoms with Gasteiger partial charge in [0.2, 0.25) is 0 Å². The van der Waals surface area contributed by atoms with Crippen molar-refractivity contribution in [2.45, 2.75) is 81.4 Å². The molecule has 0 aliphatic carbocycles. The van der Waals surface area contributed by atoms with Gasteiger partial charge in [0.25, 0.3) is 0 Å². The van der Waals surface area contributed by atoms with E-state index < -0.39 is 0 Å². The first-order valence-corrected chi connectivity index (χ1v) is 10.8. The molecule has 1 heterocycles. The van der Waals surface area contributed by atoms with Crippen molar-refractivity contribution in [2.24, 2.45) is 0 Å². The van der Waals surface area contributed by atoms with Crippen molar-refractivity contribution in [2.75, 3.05) is 6.79 Å². The van der Waals surface area contributed by atoms with E-state index in [1.807, 2.05) is 6.92 Å². The first-order valence-electron chi connectivity index (χ1n) is 8.74. The molecule has 1 unspecified atom stereocenters. The van der Waals surface area contributed by atoms with Crippen LogP contribution in [0, 0.1) is 3.95 Å². The topological polar surface area (TPSA) is 47.1 Å². The number of aromatic nitrogens is 2. The largest absolute Gasteiger partial charge is 0.473 e. The number of rotatable bonds is 15. The molecule has 1 atom stereocenters. The van der Waals surface area contributed by atoms with Gasteiger partial charge in [-0.15, -0.1) is 0 Å². The molecule has 24 heavy (non-hydrogen) atoms. The van der Waals surface area contributed by atoms with Crippen molar-refractivity contribution in [3.8, 4) is 0 Å². The van der Waals surface area contributed by atoms with E-state index >= 15 is 0 Å². The minimum absolute atomic E-state index is 0.0402. The highest BCUT2D eigenvalue weighted by atomic mass is 32.2. The predicted octanol–water partition coefficient (Wildman–Crippen LogP) is 6.67. The fourth-order valence-corrected chi connectivity index (χ4v) is 4.49. The molecule has 1 rings (SSSR count). The third-order valence-electron chi connectivity index (χ3n) is 3.50. The Hall–Kier alpha value is -0.370. The minimum atomic E-state index is 0.0402. The van der Waals surface area contributed by atoms with Crippen LogP contribution in [0.1, 0.15) is 71.6 Å². The van der Waals surface area contributed by atoms with E-state index in [9.17, 15) is 0 Å². The van der Waals surface area contributed by atoms with Crippen LogP contribution in [0.4, 0.5) is 0 Å². The molecule has 0 saturated heterocycles. The maximum atomic E-state index is 5.82. The smallest absolute Gasteiger partial charge is 0.189 e. The Morgan fingerprint density at radius 3 is 2.50 bits per heavy atom. The number of nitrogens with zero attached hydrogens (tertiary/aromatic N) is 1. The Labute approximate surface area is 159 Å². The van der Waals surface area contributed by atoms with E-state index in [1.54, 1.807) is 11.8 Å². The molecule has 138 valence electrons. The SMILES string of the molecule is C=C(C)OCOC(CCCCCCCCCC)Sc1n[nH]c(=S)s1. The van der Waals surface area contributed by atoms with E-state index in [4.69, 9.17) is 21.7 Å². The molecule has 0 radical (unpaired) electrons. The van der Waals surface area contributed by atoms with Gasteiger partial charge >= 0.3 is 0 Å². The summed E-state index contributed by atoms with van der Waals surface area (Å²) >= 11 is 8.18. The minimum Gasteiger partial charge on any atom is -0.473 e. The number of thioether (sulfide) groups is 1. The summed E-state index contributed by atoms with van der Waals surface area (Å²) in [5.74, 6) is 0.668. The van der Waals surface area contributed by atoms with Gasteiger partial charge < -0.3 is 9.47 Å². The van der Waals surface area contributed by atoms with Crippen LogP contribution in [0.25, 0.3) is 0 Å². The molecule has 0 bridgehead atoms. The molecular formula is C17H30N2O2S3. The van der Waals surface area contributed by atoms with Gasteiger partial charge in [0.15, 0.2) is 15.1 Å². The first kappa shape index (κ1) is 21.7. The summed E-state index contributed by atoms with van der Waals surface area (Å²) in [6.45, 7) is 8.03. The van der Waals surface area contributed by atoms with Crippen molar-refractivity contribution in [3.05, 3.63) is 16.3 Å². The van der Waals surface area contributed by atoms with Gasteiger partial charge in [0.05, 0.1) is 5.76 Å². The van der Waals surface area contributed by atoms with Crippen LogP contribution >= 0.6 is 35.3 Å². The van der Waals surface area contributed by atoms with Crippen molar-refractivity contribution in [1.82, 2.24) is 10.2 Å². The number of aromatic amines is 1. The highest BCUT2D eigenvalue weighted by Crippen LogP contribution is 2.29. The molecule has 0 aliphatic heterocycles. The Bertz CT molecular complexity index is 502. The first-order chi connectivity index (χ1) is 11.6. The van der Waals surface area contributed by atoms with Gasteiger partial charge in [-0.05, 0) is 32.0 Å². The lowest BCUT2D eigenvalue weighted by molar-refractivity contribution is -0.0364. The molecule has 1 N–H and O–H groups in total. The standard InChI is InChI=1S/C17H30N2O2S3/c1-4-5-6-7-8-9-10-11-12-15(21-13-20-14(2)3)23-17-19-18-16(22)24-17/h15H,2,4-13H2,1,3H3,(H,18,22). The van der Waals surface area contributed by atoms with Crippen molar-refractivity contribution >= 4 is 35.3 Å². The summed E-state index contributed by atoms with van der Waals surface area (Å²) < 4.78 is 12.8. The van der Waals surface area contributed by atoms with E-state index in [0.717, 1.165) is 17.2 Å². The molecule has 0 spiro atoms. The summed E-state index contributed by atoms with van der Waals surface area (Å²) in [4.78, 5) is 0. The Morgan fingerprint density at radius 1 is 1.25 bits per heavy atom. The summed E-state index contributed by atoms with van der Waals surface area (Å²) in [7, 11) is 0. The Kier molecular flexibility index (Phi) is 12.5. The normalized spacial score (nSPS) is 12.2. The van der Waals surface area contributed by atoms with Crippen molar-refractivity contribution < 1.29 is 9.47 Å². The molecule has 7 heteroatoms. The Balaban J connectivity index is 2.24. The molecule has 1 aromatic heterocycles. The quantitative estimate of drug-likeness (QED) is 0.119. The van der Waals surface area contributed by atoms with E-state index in [-0.39, 0.29) is 12.2 Å². The summed E-state index contributed by atoms with van der Waals surface area (Å²) in [5, 5.41) is 7.01. The van der Waals surface area contributed by atoms with Gasteiger partial charge in [-0.3, -0.25) is 5.10 Å². The maximum Gasteiger partial charge on any atom is 0.189 e. The molecular weight excluding hydrogens is 360 g/mol. The lowest BCUT2D eigenvalue weighted by Crippen LogP contribution is -2.11. The summed E-state index contributed by atoms with van der Waals surface area (Å²) in [5.41, 5.74) is 0.0402. The second kappa shape index (κ2) is 13.9. The van der Waals surface area contributed by atoms with Gasteiger partial charge in [-0.1, -0.05) is 81.5 Å². The number of hydrogen-bond acceptors (Lipinski definition) is 6. The predicted molar refractivity (Wildman–Crippen MR) is 106 cm³/mol. The number of hydrogen-bond donors (Lipinski definition) is 1. The van der Waals surface area contributed by atoms with Crippen LogP contribution in [-0.4, -0.2) is 22.4 Å². The summed E-state index contributed by atoms with van der Waals surface area (Å²) in [6, 6.07) is 0. The average molecular weight is 391 g/mol. The van der Waals surface area contributed by atoms with Crippen molar-refractivity contribution in [3.63, 3.8) is 0 Å². The number of ether oxygens (including phenoxy) is 2. The lowest BCUT2D eigenvalue weighted by Gasteiger charge is -2.16. The van der Waals surface area contributed by atoms with Crippen LogP contribution < -0.4 is 0 Å². The number of unbranched alkanes of at least 4 members (excludes halogenated alkanes) is 7. The van der Waals surface area contributed by atoms with Gasteiger partial charge in [0.1, 0.15) is 5.44 Å². The molecule has 0 fully saturated rings. The monoisotopic (exact) mass is 390 g/mol. The van der Waals surface area contributed by atoms with E-state index in [1.165, 1.54) is 56.3 Å². The second-order valence-corrected chi connectivity index (χ2v) is 8.89. The van der Waals surface area contributed by atoms with Gasteiger partial charge in [-0.25, -0.2) is 0 Å². The van der Waals surface area contributed by atoms with Gasteiger partial charge in [-0.2, -0.15) is 5.10 Å². The number of allylic oxidation sites excluding steroid dienone is 1. The summed E-state index contributed by atoms with van der Waals surface area (Å²) in [6.07, 6.45) is 11.5. The zero-order valence-electron chi connectivity index (χ0n) is 14.8. The molecule has 0 aromatic carbocycles. The number of H-pyrrole nitrogens is 1. The number of nitrogens with one attached hydrogen (secondary N) is 1. The molecule has 0 amide bonds. The maximum absolute atomic E-state index is 5.82. The van der Waals surface area contributed by atoms with E-state index in [0.29, 0.717) is 9.71 Å². The highest BCUT2D eigenvalue weighted by Gasteiger charge is 2.13. The van der Waals surface area contributed by atoms with Crippen LogP contribution in [0.15, 0.2) is 16.7 Å². The van der Waals surface area contributed by atoms with Crippen LogP contribution in [0.5, 0.6) is 0 Å². The zero-order valence-corrected chi connectivity index (χ0v) is 17.3. The van der Waals surface area contributed by atoms with Gasteiger partial charge in [0, 0.05) is 0 Å². The third-order valence-corrected chi connectivity index (χ3v) is 5.85. The van der Waals surface area contributed by atoms with Crippen LogP contribution in [0.2, 0.25) is 0 Å². The molecule has 4 nitrogen and oxygen atoms in total. The van der Waals surface area contributed by atoms with E-state index in [2.05, 4.69) is 23.7 Å². The fraction of sp³-hybridized carbons (Fsp3) is 0.765. The van der Waals surface area contributed by atoms with Crippen molar-refractivity contribution in [1.29, 1.82) is 0 Å². The lowest BCUT2D eigenvalue weighted by atomic mass is 10.1. The molecule has 0 saturated carbocycles. The third kappa shape index (κ3) is 11.2. The average Bonchev–Trinajstić information content (AvgIpc) is 2.94. The highest BCUT2D eigenvalue weighted by molar-refractivity contribution is 8.01. The second-order valence-electron chi connectivity index (χ2n) is 5.82. The molecule has 1 aromatic rings. The molecule has 0 aliphatic rings. The zero-order chi connectivity index (χ0) is 17.6. The fourth-order valence-electron chi connectivity index (χ4n) is 2.21. The van der Waals surface area contributed by atoms with Crippen LogP contribution in [0.3, 0.4) is 0 Å².